The van der Waals surface area contributed by atoms with Gasteiger partial charge in [-0.3, -0.25) is 0 Å². The van der Waals surface area contributed by atoms with Gasteiger partial charge in [0.1, 0.15) is 11.4 Å². The van der Waals surface area contributed by atoms with Crippen LogP contribution in [0.4, 0.5) is 13.2 Å². The van der Waals surface area contributed by atoms with Gasteiger partial charge in [0.2, 0.25) is 0 Å². The van der Waals surface area contributed by atoms with Crippen molar-refractivity contribution in [2.45, 2.75) is 109 Å². The molecule has 2 saturated heterocycles. The molecule has 3 rings (SSSR count). The third-order valence-corrected chi connectivity index (χ3v) is 6.91. The molecule has 1 aliphatic carbocycles. The largest absolute Gasteiger partial charge is 0.467 e. The minimum Gasteiger partial charge on any atom is -0.467 e. The van der Waals surface area contributed by atoms with Gasteiger partial charge in [-0.15, -0.1) is 0 Å². The minimum atomic E-state index is -4.30. The van der Waals surface area contributed by atoms with Crippen LogP contribution in [0.2, 0.25) is 0 Å². The standard InChI is InChI=1S/C22H35F3O4/c1-3-4-11-20(2,22(23,24)25)13-10-17(28-19-9-5-6-14-27-19)21-12-7-8-16(21)15-18(26)29-21/h10,16,18-19,26H,3-9,11-15H2,1-2H3/t16?,18?,19?,20-,21?/m0/s1. The van der Waals surface area contributed by atoms with E-state index in [1.807, 2.05) is 6.92 Å². The summed E-state index contributed by atoms with van der Waals surface area (Å²) in [6, 6.07) is 0. The molecule has 0 bridgehead atoms. The molecule has 2 heterocycles. The highest BCUT2D eigenvalue weighted by Crippen LogP contribution is 2.53. The molecule has 3 aliphatic rings. The molecule has 0 radical (unpaired) electrons. The zero-order chi connectivity index (χ0) is 21.1. The van der Waals surface area contributed by atoms with E-state index in [0.717, 1.165) is 32.1 Å². The highest BCUT2D eigenvalue weighted by atomic mass is 19.4. The first-order valence-electron chi connectivity index (χ1n) is 11.1. The van der Waals surface area contributed by atoms with Crippen molar-refractivity contribution in [3.63, 3.8) is 0 Å². The maximum absolute atomic E-state index is 13.9. The van der Waals surface area contributed by atoms with E-state index >= 15 is 0 Å². The maximum Gasteiger partial charge on any atom is 0.394 e. The fourth-order valence-electron chi connectivity index (χ4n) is 4.94. The molecule has 0 aromatic heterocycles. The Morgan fingerprint density at radius 2 is 2.03 bits per heavy atom. The van der Waals surface area contributed by atoms with E-state index in [-0.39, 0.29) is 18.8 Å². The van der Waals surface area contributed by atoms with Gasteiger partial charge in [0.15, 0.2) is 12.6 Å². The topological polar surface area (TPSA) is 47.9 Å². The Hall–Kier alpha value is -0.790. The van der Waals surface area contributed by atoms with Crippen LogP contribution in [-0.4, -0.2) is 36.1 Å². The first kappa shape index (κ1) is 22.9. The number of hydrogen-bond donors (Lipinski definition) is 1. The molecule has 0 aromatic carbocycles. The van der Waals surface area contributed by atoms with E-state index in [9.17, 15) is 18.3 Å². The molecule has 5 atom stereocenters. The third-order valence-electron chi connectivity index (χ3n) is 6.91. The highest BCUT2D eigenvalue weighted by Gasteiger charge is 2.56. The summed E-state index contributed by atoms with van der Waals surface area (Å²) in [4.78, 5) is 0. The van der Waals surface area contributed by atoms with E-state index in [1.54, 1.807) is 6.08 Å². The Morgan fingerprint density at radius 1 is 1.24 bits per heavy atom. The van der Waals surface area contributed by atoms with E-state index in [1.165, 1.54) is 6.92 Å². The minimum absolute atomic E-state index is 0.0696. The van der Waals surface area contributed by atoms with Crippen LogP contribution in [-0.2, 0) is 14.2 Å². The predicted molar refractivity (Wildman–Crippen MR) is 103 cm³/mol. The fraction of sp³-hybridized carbons (Fsp3) is 0.909. The van der Waals surface area contributed by atoms with Crippen molar-refractivity contribution < 1.29 is 32.5 Å². The van der Waals surface area contributed by atoms with E-state index in [4.69, 9.17) is 14.2 Å². The van der Waals surface area contributed by atoms with Crippen LogP contribution in [0.1, 0.15) is 84.5 Å². The van der Waals surface area contributed by atoms with Crippen LogP contribution in [0, 0.1) is 11.3 Å². The fourth-order valence-corrected chi connectivity index (χ4v) is 4.94. The zero-order valence-corrected chi connectivity index (χ0v) is 17.6. The average Bonchev–Trinajstić information content (AvgIpc) is 3.20. The van der Waals surface area contributed by atoms with Crippen molar-refractivity contribution >= 4 is 0 Å². The predicted octanol–water partition coefficient (Wildman–Crippen LogP) is 5.84. The maximum atomic E-state index is 13.9. The van der Waals surface area contributed by atoms with Crippen molar-refractivity contribution in [2.24, 2.45) is 11.3 Å². The average molecular weight is 421 g/mol. The van der Waals surface area contributed by atoms with E-state index < -0.39 is 29.8 Å². The number of unbranched alkanes of at least 4 members (excludes halogenated alkanes) is 1. The molecule has 168 valence electrons. The summed E-state index contributed by atoms with van der Waals surface area (Å²) >= 11 is 0. The number of fused-ring (bicyclic) bond motifs is 1. The number of alkyl halides is 3. The number of hydrogen-bond acceptors (Lipinski definition) is 4. The molecule has 1 N–H and O–H groups in total. The second-order valence-corrected chi connectivity index (χ2v) is 9.14. The lowest BCUT2D eigenvalue weighted by Gasteiger charge is -2.36. The summed E-state index contributed by atoms with van der Waals surface area (Å²) in [7, 11) is 0. The first-order chi connectivity index (χ1) is 13.7. The summed E-state index contributed by atoms with van der Waals surface area (Å²) < 4.78 is 59.4. The number of allylic oxidation sites excluding steroid dienone is 1. The lowest BCUT2D eigenvalue weighted by molar-refractivity contribution is -0.220. The Labute approximate surface area is 171 Å². The summed E-state index contributed by atoms with van der Waals surface area (Å²) in [6.07, 6.45) is 2.70. The lowest BCUT2D eigenvalue weighted by atomic mass is 9.79. The molecule has 0 aromatic rings. The summed E-state index contributed by atoms with van der Waals surface area (Å²) in [5, 5.41) is 10.1. The van der Waals surface area contributed by atoms with Gasteiger partial charge in [-0.1, -0.05) is 26.7 Å². The number of ether oxygens (including phenoxy) is 3. The Morgan fingerprint density at radius 3 is 2.69 bits per heavy atom. The van der Waals surface area contributed by atoms with Crippen molar-refractivity contribution in [1.29, 1.82) is 0 Å². The molecule has 0 spiro atoms. The van der Waals surface area contributed by atoms with Crippen molar-refractivity contribution in [2.75, 3.05) is 6.61 Å². The molecular weight excluding hydrogens is 385 g/mol. The quantitative estimate of drug-likeness (QED) is 0.501. The smallest absolute Gasteiger partial charge is 0.394 e. The van der Waals surface area contributed by atoms with Crippen LogP contribution >= 0.6 is 0 Å². The van der Waals surface area contributed by atoms with Crippen LogP contribution in [0.25, 0.3) is 0 Å². The van der Waals surface area contributed by atoms with Crippen molar-refractivity contribution in [3.05, 3.63) is 11.8 Å². The molecular formula is C22H35F3O4. The lowest BCUT2D eigenvalue weighted by Crippen LogP contribution is -2.39. The van der Waals surface area contributed by atoms with E-state index in [2.05, 4.69) is 0 Å². The molecule has 29 heavy (non-hydrogen) atoms. The SMILES string of the molecule is CCCC[C@@](C)(CC=C(OC1CCCCO1)C12CCCC1CC(O)O2)C(F)(F)F. The number of aliphatic hydroxyl groups excluding tert-OH is 1. The van der Waals surface area contributed by atoms with Crippen molar-refractivity contribution in [1.82, 2.24) is 0 Å². The Balaban J connectivity index is 1.87. The summed E-state index contributed by atoms with van der Waals surface area (Å²) in [5.74, 6) is 0.510. The molecule has 4 unspecified atom stereocenters. The normalized spacial score (nSPS) is 35.4. The molecule has 0 amide bonds. The molecule has 1 saturated carbocycles. The van der Waals surface area contributed by atoms with Gasteiger partial charge < -0.3 is 19.3 Å². The van der Waals surface area contributed by atoms with Crippen LogP contribution < -0.4 is 0 Å². The van der Waals surface area contributed by atoms with Crippen molar-refractivity contribution in [3.8, 4) is 0 Å². The summed E-state index contributed by atoms with van der Waals surface area (Å²) in [6.45, 7) is 3.79. The van der Waals surface area contributed by atoms with Gasteiger partial charge in [-0.05, 0) is 51.0 Å². The molecule has 4 nitrogen and oxygen atoms in total. The van der Waals surface area contributed by atoms with E-state index in [0.29, 0.717) is 38.0 Å². The van der Waals surface area contributed by atoms with Gasteiger partial charge in [0, 0.05) is 18.8 Å². The monoisotopic (exact) mass is 420 g/mol. The third kappa shape index (κ3) is 4.93. The van der Waals surface area contributed by atoms with Gasteiger partial charge in [-0.25, -0.2) is 0 Å². The number of aliphatic hydroxyl groups is 1. The molecule has 3 fully saturated rings. The van der Waals surface area contributed by atoms with Gasteiger partial charge >= 0.3 is 6.18 Å². The Bertz CT molecular complexity index is 573. The van der Waals surface area contributed by atoms with Crippen LogP contribution in [0.5, 0.6) is 0 Å². The first-order valence-corrected chi connectivity index (χ1v) is 11.1. The van der Waals surface area contributed by atoms with Crippen LogP contribution in [0.15, 0.2) is 11.8 Å². The van der Waals surface area contributed by atoms with Crippen LogP contribution in [0.3, 0.4) is 0 Å². The Kier molecular flexibility index (Phi) is 7.22. The van der Waals surface area contributed by atoms with Gasteiger partial charge in [0.25, 0.3) is 0 Å². The zero-order valence-electron chi connectivity index (χ0n) is 17.6. The second kappa shape index (κ2) is 9.15. The van der Waals surface area contributed by atoms with Gasteiger partial charge in [-0.2, -0.15) is 13.2 Å². The number of halogens is 3. The summed E-state index contributed by atoms with van der Waals surface area (Å²) in [5.41, 5.74) is -2.63. The second-order valence-electron chi connectivity index (χ2n) is 9.14. The molecule has 2 aliphatic heterocycles. The van der Waals surface area contributed by atoms with Gasteiger partial charge in [0.05, 0.1) is 12.0 Å². The molecule has 7 heteroatoms. The highest BCUT2D eigenvalue weighted by molar-refractivity contribution is 5.20. The number of rotatable bonds is 8.